The van der Waals surface area contributed by atoms with Crippen molar-refractivity contribution in [2.45, 2.75) is 13.8 Å². The van der Waals surface area contributed by atoms with Crippen molar-refractivity contribution < 1.29 is 19.8 Å². The van der Waals surface area contributed by atoms with Gasteiger partial charge in [-0.2, -0.15) is 10.5 Å². The van der Waals surface area contributed by atoms with Crippen LogP contribution >= 0.6 is 45.3 Å². The fourth-order valence-electron chi connectivity index (χ4n) is 6.15. The maximum absolute atomic E-state index is 11.2. The SMILES string of the molecule is Cc1ccc(N(c2ccc(/C=C/c3ccc(-c4ccc(/C=C(\C#N)C(=O)O)s4)s3)cc2)c2ccc(/C=C/c3ccc(-c4ccc(/C=C(\C#N)C(=O)O)s4)s3)cc2)c(C)c1. The Bertz CT molecular complexity index is 2720. The number of aryl methyl sites for hydroxylation is 2. The molecule has 7 nitrogen and oxygen atoms in total. The zero-order valence-corrected chi connectivity index (χ0v) is 34.9. The van der Waals surface area contributed by atoms with E-state index in [1.165, 1.54) is 46.0 Å². The van der Waals surface area contributed by atoms with Gasteiger partial charge in [0.1, 0.15) is 23.3 Å². The lowest BCUT2D eigenvalue weighted by Crippen LogP contribution is -2.11. The van der Waals surface area contributed by atoms with Crippen molar-refractivity contribution >= 4 is 111 Å². The van der Waals surface area contributed by atoms with Crippen molar-refractivity contribution in [2.24, 2.45) is 0 Å². The predicted octanol–water partition coefficient (Wildman–Crippen LogP) is 13.7. The minimum absolute atomic E-state index is 0.288. The van der Waals surface area contributed by atoms with Crippen LogP contribution in [0.3, 0.4) is 0 Å². The summed E-state index contributed by atoms with van der Waals surface area (Å²) in [6, 6.07) is 42.7. The number of hydrogen-bond donors (Lipinski definition) is 2. The summed E-state index contributed by atoms with van der Waals surface area (Å²) >= 11 is 6.19. The highest BCUT2D eigenvalue weighted by molar-refractivity contribution is 7.23. The lowest BCUT2D eigenvalue weighted by Gasteiger charge is -2.27. The van der Waals surface area contributed by atoms with Crippen molar-refractivity contribution in [1.29, 1.82) is 10.5 Å². The molecular formula is C48H33N3O4S4. The molecule has 4 aromatic heterocycles. The monoisotopic (exact) mass is 843 g/mol. The molecule has 3 aromatic carbocycles. The molecule has 59 heavy (non-hydrogen) atoms. The Morgan fingerprint density at radius 2 is 0.915 bits per heavy atom. The van der Waals surface area contributed by atoms with Gasteiger partial charge in [0, 0.05) is 56.1 Å². The number of rotatable bonds is 13. The van der Waals surface area contributed by atoms with Crippen LogP contribution in [-0.4, -0.2) is 22.2 Å². The Kier molecular flexibility index (Phi) is 12.4. The molecule has 7 rings (SSSR count). The third-order valence-electron chi connectivity index (χ3n) is 9.04. The van der Waals surface area contributed by atoms with Gasteiger partial charge in [-0.05, 0) is 134 Å². The quantitative estimate of drug-likeness (QED) is 0.0874. The second kappa shape index (κ2) is 18.2. The van der Waals surface area contributed by atoms with Crippen LogP contribution in [0.4, 0.5) is 17.1 Å². The molecule has 7 aromatic rings. The molecule has 0 saturated carbocycles. The number of carbonyl (C=O) groups is 2. The minimum Gasteiger partial charge on any atom is -0.477 e. The van der Waals surface area contributed by atoms with Crippen LogP contribution in [-0.2, 0) is 9.59 Å². The van der Waals surface area contributed by atoms with Gasteiger partial charge in [0.2, 0.25) is 0 Å². The lowest BCUT2D eigenvalue weighted by atomic mass is 10.1. The first-order valence-electron chi connectivity index (χ1n) is 18.1. The van der Waals surface area contributed by atoms with E-state index in [0.717, 1.165) is 67.2 Å². The Hall–Kier alpha value is -6.86. The molecule has 0 saturated heterocycles. The van der Waals surface area contributed by atoms with Crippen molar-refractivity contribution in [3.63, 3.8) is 0 Å². The molecule has 0 atom stereocenters. The number of nitriles is 2. The van der Waals surface area contributed by atoms with Gasteiger partial charge in [-0.3, -0.25) is 0 Å². The van der Waals surface area contributed by atoms with Gasteiger partial charge >= 0.3 is 11.9 Å². The first-order chi connectivity index (χ1) is 28.6. The van der Waals surface area contributed by atoms with Crippen LogP contribution in [0, 0.1) is 36.5 Å². The van der Waals surface area contributed by atoms with Crippen LogP contribution in [0.1, 0.15) is 41.8 Å². The summed E-state index contributed by atoms with van der Waals surface area (Å²) in [6.45, 7) is 4.23. The van der Waals surface area contributed by atoms with Gasteiger partial charge in [0.25, 0.3) is 0 Å². The Labute approximate surface area is 357 Å². The highest BCUT2D eigenvalue weighted by Crippen LogP contribution is 2.39. The number of anilines is 3. The molecule has 0 spiro atoms. The average Bonchev–Trinajstić information content (AvgIpc) is 4.07. The Morgan fingerprint density at radius 3 is 1.29 bits per heavy atom. The van der Waals surface area contributed by atoms with Crippen LogP contribution < -0.4 is 4.90 Å². The van der Waals surface area contributed by atoms with Crippen LogP contribution in [0.15, 0.2) is 126 Å². The smallest absolute Gasteiger partial charge is 0.346 e. The average molecular weight is 844 g/mol. The Balaban J connectivity index is 1.06. The summed E-state index contributed by atoms with van der Waals surface area (Å²) in [7, 11) is 0. The molecule has 0 amide bonds. The number of benzene rings is 3. The zero-order valence-electron chi connectivity index (χ0n) is 31.6. The molecular weight excluding hydrogens is 811 g/mol. The molecule has 0 aliphatic rings. The molecule has 0 unspecified atom stereocenters. The summed E-state index contributed by atoms with van der Waals surface area (Å²) in [5, 5.41) is 36.5. The number of hydrogen-bond acceptors (Lipinski definition) is 9. The van der Waals surface area contributed by atoms with Crippen LogP contribution in [0.25, 0.3) is 56.0 Å². The third kappa shape index (κ3) is 9.82. The van der Waals surface area contributed by atoms with E-state index in [1.807, 2.05) is 24.3 Å². The van der Waals surface area contributed by atoms with Crippen molar-refractivity contribution in [1.82, 2.24) is 0 Å². The maximum Gasteiger partial charge on any atom is 0.346 e. The first-order valence-corrected chi connectivity index (χ1v) is 21.4. The van der Waals surface area contributed by atoms with Crippen LogP contribution in [0.2, 0.25) is 0 Å². The standard InChI is InChI=1S/C48H33N3O4S4/c1-30-3-20-42(31(2)25-30)51(36-10-4-32(5-11-36)8-14-38-16-21-43(56-38)45-23-18-40(58-45)26-34(28-49)47(52)53)37-12-6-33(7-13-37)9-15-39-17-22-44(57-39)46-24-19-41(59-46)27-35(29-50)48(54)55/h3-27H,1-2H3,(H,52,53)(H,54,55)/b14-8+,15-9+,34-26+,35-27+. The summed E-state index contributed by atoms with van der Waals surface area (Å²) < 4.78 is 0. The van der Waals surface area contributed by atoms with Crippen LogP contribution in [0.5, 0.6) is 0 Å². The van der Waals surface area contributed by atoms with E-state index >= 15 is 0 Å². The van der Waals surface area contributed by atoms with Gasteiger partial charge in [-0.15, -0.1) is 45.3 Å². The van der Waals surface area contributed by atoms with Gasteiger partial charge in [-0.1, -0.05) is 54.1 Å². The number of carboxylic acid groups (broad SMARTS) is 2. The third-order valence-corrected chi connectivity index (χ3v) is 13.6. The number of thiophene rings is 4. The zero-order chi connectivity index (χ0) is 41.5. The Morgan fingerprint density at radius 1 is 0.525 bits per heavy atom. The van der Waals surface area contributed by atoms with E-state index in [9.17, 15) is 19.8 Å². The second-order valence-corrected chi connectivity index (χ2v) is 17.7. The van der Waals surface area contributed by atoms with Crippen molar-refractivity contribution in [2.75, 3.05) is 4.90 Å². The fraction of sp³-hybridized carbons (Fsp3) is 0.0417. The number of carboxylic acids is 2. The first kappa shape index (κ1) is 40.3. The number of aliphatic carboxylic acids is 2. The fourth-order valence-corrected chi connectivity index (χ4v) is 10.1. The van der Waals surface area contributed by atoms with Crippen molar-refractivity contribution in [3.05, 3.63) is 168 Å². The molecule has 0 fully saturated rings. The molecule has 0 bridgehead atoms. The summed E-state index contributed by atoms with van der Waals surface area (Å²) in [5.74, 6) is -2.47. The molecule has 4 heterocycles. The molecule has 2 N–H and O–H groups in total. The number of nitrogens with zero attached hydrogens (tertiary/aromatic N) is 3. The van der Waals surface area contributed by atoms with Gasteiger partial charge in [0.05, 0.1) is 0 Å². The highest BCUT2D eigenvalue weighted by Gasteiger charge is 2.15. The van der Waals surface area contributed by atoms with E-state index < -0.39 is 11.9 Å². The molecule has 11 heteroatoms. The molecule has 0 aliphatic carbocycles. The van der Waals surface area contributed by atoms with E-state index in [4.69, 9.17) is 10.5 Å². The predicted molar refractivity (Wildman–Crippen MR) is 246 cm³/mol. The summed E-state index contributed by atoms with van der Waals surface area (Å²) in [5.41, 5.74) is 7.08. The topological polar surface area (TPSA) is 125 Å². The minimum atomic E-state index is -1.23. The summed E-state index contributed by atoms with van der Waals surface area (Å²) in [6.07, 6.45) is 11.2. The molecule has 0 aliphatic heterocycles. The molecule has 0 radical (unpaired) electrons. The van der Waals surface area contributed by atoms with E-state index in [-0.39, 0.29) is 11.1 Å². The normalized spacial score (nSPS) is 11.9. The molecule has 288 valence electrons. The van der Waals surface area contributed by atoms with Gasteiger partial charge in [0.15, 0.2) is 0 Å². The van der Waals surface area contributed by atoms with Gasteiger partial charge < -0.3 is 15.1 Å². The second-order valence-electron chi connectivity index (χ2n) is 13.2. The summed E-state index contributed by atoms with van der Waals surface area (Å²) in [4.78, 5) is 32.5. The van der Waals surface area contributed by atoms with E-state index in [0.29, 0.717) is 0 Å². The highest BCUT2D eigenvalue weighted by atomic mass is 32.1. The maximum atomic E-state index is 11.2. The largest absolute Gasteiger partial charge is 0.477 e. The van der Waals surface area contributed by atoms with Gasteiger partial charge in [-0.25, -0.2) is 9.59 Å². The van der Waals surface area contributed by atoms with E-state index in [2.05, 4.69) is 134 Å². The lowest BCUT2D eigenvalue weighted by molar-refractivity contribution is -0.133. The van der Waals surface area contributed by atoms with Crippen molar-refractivity contribution in [3.8, 4) is 31.6 Å². The van der Waals surface area contributed by atoms with E-state index in [1.54, 1.807) is 34.8 Å².